The maximum Gasteiger partial charge on any atom is 0.307 e. The van der Waals surface area contributed by atoms with Gasteiger partial charge in [-0.15, -0.1) is 0 Å². The molecule has 5 heteroatoms. The molecule has 21 heavy (non-hydrogen) atoms. The highest BCUT2D eigenvalue weighted by Gasteiger charge is 2.30. The van der Waals surface area contributed by atoms with E-state index in [1.807, 2.05) is 37.4 Å². The van der Waals surface area contributed by atoms with Gasteiger partial charge in [0.1, 0.15) is 0 Å². The first-order valence-corrected chi connectivity index (χ1v) is 9.81. The van der Waals surface area contributed by atoms with Crippen molar-refractivity contribution in [2.45, 2.75) is 32.4 Å². The number of allylic oxidation sites excluding steroid dienone is 4. The van der Waals surface area contributed by atoms with Crippen LogP contribution in [0.15, 0.2) is 36.2 Å². The Morgan fingerprint density at radius 2 is 2.19 bits per heavy atom. The van der Waals surface area contributed by atoms with Crippen LogP contribution in [0.5, 0.6) is 0 Å². The largest absolute Gasteiger partial charge is 0.481 e. The third-order valence-electron chi connectivity index (χ3n) is 3.67. The second-order valence-electron chi connectivity index (χ2n) is 5.22. The number of ether oxygens (including phenoxy) is 1. The number of hydrogen-bond donors (Lipinski definition) is 2. The molecule has 0 aliphatic carbocycles. The van der Waals surface area contributed by atoms with Crippen LogP contribution in [0.3, 0.4) is 0 Å². The predicted octanol–water partition coefficient (Wildman–Crippen LogP) is 2.31. The zero-order valence-electron chi connectivity index (χ0n) is 13.0. The summed E-state index contributed by atoms with van der Waals surface area (Å²) in [5.41, 5.74) is 0.930. The Balaban J connectivity index is 2.85. The molecule has 0 saturated carbocycles. The lowest BCUT2D eigenvalue weighted by Gasteiger charge is -2.26. The molecule has 2 unspecified atom stereocenters. The maximum absolute atomic E-state index is 11.7. The number of carboxylic acids is 1. The normalized spacial score (nSPS) is 17.3. The lowest BCUT2D eigenvalue weighted by molar-refractivity contribution is -0.144. The Hall–Kier alpha value is -1.33. The van der Waals surface area contributed by atoms with Crippen LogP contribution < -0.4 is 5.32 Å². The number of nitrogens with one attached hydrogen (secondary N) is 1. The summed E-state index contributed by atoms with van der Waals surface area (Å²) < 4.78 is 5.55. The van der Waals surface area contributed by atoms with Crippen LogP contribution in [0.2, 0.25) is 12.1 Å². The first-order valence-electron chi connectivity index (χ1n) is 7.81. The van der Waals surface area contributed by atoms with Crippen LogP contribution in [0.1, 0.15) is 20.3 Å². The van der Waals surface area contributed by atoms with Crippen LogP contribution in [-0.2, 0) is 9.53 Å². The van der Waals surface area contributed by atoms with Crippen molar-refractivity contribution in [2.24, 2.45) is 11.8 Å². The Morgan fingerprint density at radius 1 is 1.38 bits per heavy atom. The summed E-state index contributed by atoms with van der Waals surface area (Å²) in [5, 5.41) is 12.8. The van der Waals surface area contributed by atoms with Gasteiger partial charge in [0, 0.05) is 33.9 Å². The van der Waals surface area contributed by atoms with E-state index in [1.165, 1.54) is 6.04 Å². The predicted molar refractivity (Wildman–Crippen MR) is 89.1 cm³/mol. The number of carbonyl (C=O) groups is 1. The molecule has 0 aromatic rings. The van der Waals surface area contributed by atoms with Gasteiger partial charge in [-0.05, 0) is 25.5 Å². The molecule has 0 spiro atoms. The molecule has 1 heterocycles. The van der Waals surface area contributed by atoms with E-state index in [-0.39, 0.29) is 21.4 Å². The van der Waals surface area contributed by atoms with E-state index in [1.54, 1.807) is 0 Å². The average molecular weight is 309 g/mol. The molecule has 0 fully saturated rings. The van der Waals surface area contributed by atoms with Gasteiger partial charge in [-0.2, -0.15) is 0 Å². The molecule has 0 radical (unpaired) electrons. The van der Waals surface area contributed by atoms with Crippen LogP contribution >= 0.6 is 0 Å². The highest BCUT2D eigenvalue weighted by molar-refractivity contribution is 6.35. The summed E-state index contributed by atoms with van der Waals surface area (Å²) in [7, 11) is -0.111. The van der Waals surface area contributed by atoms with Gasteiger partial charge in [-0.3, -0.25) is 4.79 Å². The van der Waals surface area contributed by atoms with Crippen LogP contribution in [0, 0.1) is 11.8 Å². The average Bonchev–Trinajstić information content (AvgIpc) is 2.74. The van der Waals surface area contributed by atoms with Crippen molar-refractivity contribution in [2.75, 3.05) is 13.2 Å². The van der Waals surface area contributed by atoms with E-state index in [9.17, 15) is 9.90 Å². The molecule has 2 atom stereocenters. The van der Waals surface area contributed by atoms with Crippen molar-refractivity contribution in [1.29, 1.82) is 0 Å². The van der Waals surface area contributed by atoms with Crippen molar-refractivity contribution >= 4 is 15.5 Å². The standard InChI is InChI=1S/C16H27NO3Si/c1-3-20-12-14(15-8-6-5-7-10-17-15)13(16(18)19)9-11-21-4-2/h5-8,10,13-14,17H,3-4,9,11-12,21H2,1-2H3,(H,18,19). The highest BCUT2D eigenvalue weighted by Crippen LogP contribution is 2.26. The second kappa shape index (κ2) is 10.4. The fourth-order valence-electron chi connectivity index (χ4n) is 2.48. The van der Waals surface area contributed by atoms with E-state index >= 15 is 0 Å². The molecule has 0 bridgehead atoms. The summed E-state index contributed by atoms with van der Waals surface area (Å²) in [5.74, 6) is -1.22. The topological polar surface area (TPSA) is 58.6 Å². The summed E-state index contributed by atoms with van der Waals surface area (Å²) in [4.78, 5) is 11.7. The molecular weight excluding hydrogens is 282 g/mol. The van der Waals surface area contributed by atoms with Crippen molar-refractivity contribution in [3.8, 4) is 0 Å². The van der Waals surface area contributed by atoms with Crippen LogP contribution in [0.4, 0.5) is 0 Å². The molecular formula is C16H27NO3Si. The molecule has 1 rings (SSSR count). The number of carboxylic acid groups (broad SMARTS) is 1. The van der Waals surface area contributed by atoms with E-state index in [0.717, 1.165) is 18.2 Å². The van der Waals surface area contributed by atoms with Gasteiger partial charge in [-0.1, -0.05) is 31.2 Å². The van der Waals surface area contributed by atoms with E-state index in [2.05, 4.69) is 12.2 Å². The maximum atomic E-state index is 11.7. The summed E-state index contributed by atoms with van der Waals surface area (Å²) >= 11 is 0. The van der Waals surface area contributed by atoms with Crippen LogP contribution in [-0.4, -0.2) is 33.8 Å². The molecule has 0 aromatic heterocycles. The van der Waals surface area contributed by atoms with Gasteiger partial charge < -0.3 is 15.2 Å². The summed E-state index contributed by atoms with van der Waals surface area (Å²) in [6, 6.07) is 2.31. The van der Waals surface area contributed by atoms with Gasteiger partial charge in [-0.25, -0.2) is 0 Å². The quantitative estimate of drug-likeness (QED) is 0.480. The van der Waals surface area contributed by atoms with Crippen LogP contribution in [0.25, 0.3) is 0 Å². The molecule has 1 aliphatic heterocycles. The first-order chi connectivity index (χ1) is 10.2. The van der Waals surface area contributed by atoms with Crippen molar-refractivity contribution in [3.63, 3.8) is 0 Å². The molecule has 1 aliphatic rings. The van der Waals surface area contributed by atoms with Crippen molar-refractivity contribution in [3.05, 3.63) is 36.2 Å². The third kappa shape index (κ3) is 6.31. The second-order valence-corrected chi connectivity index (χ2v) is 7.63. The van der Waals surface area contributed by atoms with Gasteiger partial charge in [0.05, 0.1) is 12.5 Å². The minimum Gasteiger partial charge on any atom is -0.481 e. The number of rotatable bonds is 10. The number of hydrogen-bond acceptors (Lipinski definition) is 3. The SMILES string of the molecule is CCOCC(C1=CC=CC=CN1)C(CC[SiH2]CC)C(=O)O. The Morgan fingerprint density at radius 3 is 2.86 bits per heavy atom. The minimum atomic E-state index is -0.718. The number of aliphatic carboxylic acids is 1. The monoisotopic (exact) mass is 309 g/mol. The Labute approximate surface area is 129 Å². The fraction of sp³-hybridized carbons (Fsp3) is 0.562. The molecule has 0 amide bonds. The lowest BCUT2D eigenvalue weighted by Crippen LogP contribution is -2.32. The fourth-order valence-corrected chi connectivity index (χ4v) is 3.71. The van der Waals surface area contributed by atoms with Gasteiger partial charge in [0.15, 0.2) is 0 Å². The van der Waals surface area contributed by atoms with Crippen molar-refractivity contribution in [1.82, 2.24) is 5.32 Å². The van der Waals surface area contributed by atoms with E-state index in [4.69, 9.17) is 4.74 Å². The smallest absolute Gasteiger partial charge is 0.307 e. The van der Waals surface area contributed by atoms with Crippen molar-refractivity contribution < 1.29 is 14.6 Å². The Kier molecular flexibility index (Phi) is 8.78. The zero-order chi connectivity index (χ0) is 15.5. The summed E-state index contributed by atoms with van der Waals surface area (Å²) in [6.45, 7) is 5.17. The van der Waals surface area contributed by atoms with Gasteiger partial charge in [0.25, 0.3) is 0 Å². The zero-order valence-corrected chi connectivity index (χ0v) is 14.5. The molecule has 118 valence electrons. The van der Waals surface area contributed by atoms with Gasteiger partial charge in [0.2, 0.25) is 0 Å². The lowest BCUT2D eigenvalue weighted by atomic mass is 9.87. The third-order valence-corrected chi connectivity index (χ3v) is 5.28. The van der Waals surface area contributed by atoms with E-state index in [0.29, 0.717) is 13.2 Å². The minimum absolute atomic E-state index is 0.111. The van der Waals surface area contributed by atoms with Gasteiger partial charge >= 0.3 is 5.97 Å². The molecule has 4 nitrogen and oxygen atoms in total. The first kappa shape index (κ1) is 17.7. The molecule has 0 aromatic carbocycles. The highest BCUT2D eigenvalue weighted by atomic mass is 28.2. The van der Waals surface area contributed by atoms with E-state index < -0.39 is 5.97 Å². The Bertz CT molecular complexity index is 404. The molecule has 0 saturated heterocycles. The summed E-state index contributed by atoms with van der Waals surface area (Å²) in [6.07, 6.45) is 10.3. The molecule has 2 N–H and O–H groups in total.